The van der Waals surface area contributed by atoms with Crippen LogP contribution in [0, 0.1) is 27.7 Å². The molecule has 2 aromatic heterocycles. The minimum Gasteiger partial charge on any atom is -0.456 e. The zero-order valence-electron chi connectivity index (χ0n) is 32.9. The van der Waals surface area contributed by atoms with Gasteiger partial charge in [0.05, 0.1) is 0 Å². The second kappa shape index (κ2) is 13.1. The summed E-state index contributed by atoms with van der Waals surface area (Å²) in [5.41, 5.74) is 15.3. The average Bonchev–Trinajstić information content (AvgIpc) is 3.77. The Labute approximate surface area is 336 Å². The van der Waals surface area contributed by atoms with Gasteiger partial charge in [0.25, 0.3) is 0 Å². The van der Waals surface area contributed by atoms with E-state index in [2.05, 4.69) is 207 Å². The van der Waals surface area contributed by atoms with Crippen LogP contribution in [0.2, 0.25) is 0 Å². The van der Waals surface area contributed by atoms with Crippen molar-refractivity contribution in [3.63, 3.8) is 0 Å². The Bertz CT molecular complexity index is 3170. The Morgan fingerprint density at radius 3 is 1.14 bits per heavy atom. The van der Waals surface area contributed by atoms with Gasteiger partial charge in [0, 0.05) is 55.7 Å². The van der Waals surface area contributed by atoms with Crippen LogP contribution in [0.5, 0.6) is 0 Å². The normalized spacial score (nSPS) is 11.8. The van der Waals surface area contributed by atoms with Crippen LogP contribution < -0.4 is 9.80 Å². The van der Waals surface area contributed by atoms with E-state index in [9.17, 15) is 0 Å². The van der Waals surface area contributed by atoms with Crippen LogP contribution in [-0.4, -0.2) is 0 Å². The van der Waals surface area contributed by atoms with Gasteiger partial charge in [-0.2, -0.15) is 0 Å². The number of nitrogens with zero attached hydrogens (tertiary/aromatic N) is 2. The molecule has 0 atom stereocenters. The quantitative estimate of drug-likeness (QED) is 0.170. The first-order chi connectivity index (χ1) is 28.4. The number of fused-ring (bicyclic) bond motifs is 8. The van der Waals surface area contributed by atoms with Crippen molar-refractivity contribution in [3.05, 3.63) is 192 Å². The molecule has 0 N–H and O–H groups in total. The lowest BCUT2D eigenvalue weighted by Gasteiger charge is -2.28. The van der Waals surface area contributed by atoms with Crippen molar-refractivity contribution >= 4 is 99.5 Å². The van der Waals surface area contributed by atoms with Gasteiger partial charge in [-0.05, 0) is 169 Å². The zero-order valence-corrected chi connectivity index (χ0v) is 32.9. The second-order valence-corrected chi connectivity index (χ2v) is 15.6. The van der Waals surface area contributed by atoms with E-state index in [-0.39, 0.29) is 0 Å². The number of furan rings is 2. The van der Waals surface area contributed by atoms with Crippen molar-refractivity contribution in [1.82, 2.24) is 0 Å². The van der Waals surface area contributed by atoms with E-state index >= 15 is 0 Å². The molecule has 0 amide bonds. The van der Waals surface area contributed by atoms with Crippen molar-refractivity contribution in [2.24, 2.45) is 0 Å². The Morgan fingerprint density at radius 1 is 0.310 bits per heavy atom. The smallest absolute Gasteiger partial charge is 0.136 e. The molecule has 0 unspecified atom stereocenters. The molecule has 11 rings (SSSR count). The first-order valence-electron chi connectivity index (χ1n) is 19.9. The number of aryl methyl sites for hydroxylation is 2. The maximum absolute atomic E-state index is 6.66. The summed E-state index contributed by atoms with van der Waals surface area (Å²) in [6, 6.07) is 60.8. The van der Waals surface area contributed by atoms with E-state index in [0.29, 0.717) is 0 Å². The minimum atomic E-state index is 0.851. The van der Waals surface area contributed by atoms with Gasteiger partial charge in [-0.1, -0.05) is 72.8 Å². The Balaban J connectivity index is 1.01. The molecule has 0 aliphatic rings. The zero-order chi connectivity index (χ0) is 39.1. The summed E-state index contributed by atoms with van der Waals surface area (Å²) in [6.07, 6.45) is 0. The summed E-state index contributed by atoms with van der Waals surface area (Å²) >= 11 is 0. The molecule has 11 aromatic rings. The largest absolute Gasteiger partial charge is 0.456 e. The van der Waals surface area contributed by atoms with Crippen LogP contribution in [0.4, 0.5) is 34.1 Å². The number of hydrogen-bond acceptors (Lipinski definition) is 4. The highest BCUT2D eigenvalue weighted by Crippen LogP contribution is 2.43. The Hall–Kier alpha value is -7.30. The van der Waals surface area contributed by atoms with Crippen molar-refractivity contribution < 1.29 is 8.83 Å². The van der Waals surface area contributed by atoms with Crippen molar-refractivity contribution in [2.45, 2.75) is 27.7 Å². The van der Waals surface area contributed by atoms with Gasteiger partial charge in [0.1, 0.15) is 22.3 Å². The molecule has 0 radical (unpaired) electrons. The van der Waals surface area contributed by atoms with Gasteiger partial charge in [-0.25, -0.2) is 0 Å². The standard InChI is InChI=1S/C54H40N2O2/c1-33-13-11-19-49(35(33)3)55(41-15-7-5-8-16-41)43-23-21-37-27-45-47-31-54-48(32-53(47)57-51(45)29-39(37)25-43)46-28-38-22-24-44(26-40(38)30-52(46)58-54)56(42-17-9-6-10-18-42)50-20-12-14-34(2)36(50)4/h5-32H,1-4H3. The van der Waals surface area contributed by atoms with E-state index in [1.807, 2.05) is 0 Å². The second-order valence-electron chi connectivity index (χ2n) is 15.6. The third-order valence-electron chi connectivity index (χ3n) is 12.1. The molecule has 0 aliphatic carbocycles. The predicted octanol–water partition coefficient (Wildman–Crippen LogP) is 16.0. The minimum absolute atomic E-state index is 0.851. The molecule has 4 heteroatoms. The molecular weight excluding hydrogens is 709 g/mol. The molecule has 0 spiro atoms. The number of benzene rings is 9. The van der Waals surface area contributed by atoms with E-state index in [4.69, 9.17) is 8.83 Å². The van der Waals surface area contributed by atoms with E-state index in [1.54, 1.807) is 0 Å². The fourth-order valence-corrected chi connectivity index (χ4v) is 8.75. The third-order valence-corrected chi connectivity index (χ3v) is 12.1. The van der Waals surface area contributed by atoms with Crippen LogP contribution in [0.1, 0.15) is 22.3 Å². The summed E-state index contributed by atoms with van der Waals surface area (Å²) in [4.78, 5) is 4.69. The molecule has 0 saturated carbocycles. The number of rotatable bonds is 6. The average molecular weight is 749 g/mol. The van der Waals surface area contributed by atoms with Gasteiger partial charge in [-0.15, -0.1) is 0 Å². The maximum atomic E-state index is 6.66. The maximum Gasteiger partial charge on any atom is 0.136 e. The predicted molar refractivity (Wildman–Crippen MR) is 244 cm³/mol. The molecule has 2 heterocycles. The molecular formula is C54H40N2O2. The highest BCUT2D eigenvalue weighted by atomic mass is 16.3. The van der Waals surface area contributed by atoms with E-state index in [0.717, 1.165) is 88.2 Å². The molecule has 0 saturated heterocycles. The molecule has 0 fully saturated rings. The summed E-state index contributed by atoms with van der Waals surface area (Å²) in [5, 5.41) is 8.82. The molecule has 58 heavy (non-hydrogen) atoms. The molecule has 4 nitrogen and oxygen atoms in total. The molecule has 278 valence electrons. The third kappa shape index (κ3) is 5.44. The van der Waals surface area contributed by atoms with Crippen LogP contribution in [0.25, 0.3) is 65.4 Å². The fourth-order valence-electron chi connectivity index (χ4n) is 8.75. The lowest BCUT2D eigenvalue weighted by Crippen LogP contribution is -2.11. The summed E-state index contributed by atoms with van der Waals surface area (Å²) < 4.78 is 13.3. The lowest BCUT2D eigenvalue weighted by molar-refractivity contribution is 0.664. The Morgan fingerprint density at radius 2 is 0.707 bits per heavy atom. The lowest BCUT2D eigenvalue weighted by atomic mass is 10.0. The van der Waals surface area contributed by atoms with Gasteiger partial charge in [0.2, 0.25) is 0 Å². The summed E-state index contributed by atoms with van der Waals surface area (Å²) in [5.74, 6) is 0. The van der Waals surface area contributed by atoms with E-state index < -0.39 is 0 Å². The van der Waals surface area contributed by atoms with Crippen molar-refractivity contribution in [1.29, 1.82) is 0 Å². The number of para-hydroxylation sites is 2. The number of hydrogen-bond donors (Lipinski definition) is 0. The van der Waals surface area contributed by atoms with Crippen LogP contribution in [0.15, 0.2) is 179 Å². The molecule has 0 aliphatic heterocycles. The van der Waals surface area contributed by atoms with Crippen molar-refractivity contribution in [3.8, 4) is 0 Å². The first-order valence-corrected chi connectivity index (χ1v) is 19.9. The molecule has 0 bridgehead atoms. The van der Waals surface area contributed by atoms with E-state index in [1.165, 1.54) is 33.6 Å². The van der Waals surface area contributed by atoms with Crippen molar-refractivity contribution in [2.75, 3.05) is 9.80 Å². The fraction of sp³-hybridized carbons (Fsp3) is 0.0741. The van der Waals surface area contributed by atoms with Gasteiger partial charge in [-0.3, -0.25) is 0 Å². The van der Waals surface area contributed by atoms with Crippen LogP contribution in [-0.2, 0) is 0 Å². The van der Waals surface area contributed by atoms with Gasteiger partial charge < -0.3 is 18.6 Å². The topological polar surface area (TPSA) is 32.8 Å². The van der Waals surface area contributed by atoms with Gasteiger partial charge >= 0.3 is 0 Å². The highest BCUT2D eigenvalue weighted by Gasteiger charge is 2.20. The monoisotopic (exact) mass is 748 g/mol. The summed E-state index contributed by atoms with van der Waals surface area (Å²) in [6.45, 7) is 8.74. The summed E-state index contributed by atoms with van der Waals surface area (Å²) in [7, 11) is 0. The van der Waals surface area contributed by atoms with Gasteiger partial charge in [0.15, 0.2) is 0 Å². The SMILES string of the molecule is Cc1cccc(N(c2ccccc2)c2ccc3cc4c(cc3c2)oc2cc3c(cc24)oc2cc4cc(N(c5ccccc5)c5cccc(C)c5C)ccc4cc23)c1C. The van der Waals surface area contributed by atoms with Crippen LogP contribution in [0.3, 0.4) is 0 Å². The number of anilines is 6. The Kier molecular flexibility index (Phi) is 7.70. The molecule has 9 aromatic carbocycles. The first kappa shape index (κ1) is 34.0. The van der Waals surface area contributed by atoms with Crippen LogP contribution >= 0.6 is 0 Å². The highest BCUT2D eigenvalue weighted by molar-refractivity contribution is 6.18.